The van der Waals surface area contributed by atoms with Gasteiger partial charge in [-0.15, -0.1) is 0 Å². The van der Waals surface area contributed by atoms with Crippen LogP contribution < -0.4 is 10.6 Å². The van der Waals surface area contributed by atoms with Gasteiger partial charge in [-0.3, -0.25) is 9.59 Å². The third kappa shape index (κ3) is 37.2. The molecular formula is C40H81N3O2. The van der Waals surface area contributed by atoms with Gasteiger partial charge in [-0.1, -0.05) is 174 Å². The molecule has 0 unspecified atom stereocenters. The summed E-state index contributed by atoms with van der Waals surface area (Å²) in [6.07, 6.45) is 39.6. The maximum atomic E-state index is 12.2. The van der Waals surface area contributed by atoms with Crippen LogP contribution in [0.2, 0.25) is 0 Å². The van der Waals surface area contributed by atoms with Gasteiger partial charge in [-0.2, -0.15) is 0 Å². The summed E-state index contributed by atoms with van der Waals surface area (Å²) >= 11 is 0. The Kier molecular flexibility index (Phi) is 36.4. The first-order valence-electron chi connectivity index (χ1n) is 20.3. The number of nitrogens with zero attached hydrogens (tertiary/aromatic N) is 1. The Bertz CT molecular complexity index is 612. The lowest BCUT2D eigenvalue weighted by Crippen LogP contribution is -2.30. The minimum atomic E-state index is 0.181. The van der Waals surface area contributed by atoms with Crippen molar-refractivity contribution in [2.75, 3.05) is 33.2 Å². The number of unbranched alkanes of at least 4 members (excludes halogenated alkanes) is 26. The predicted molar refractivity (Wildman–Crippen MR) is 198 cm³/mol. The molecule has 0 radical (unpaired) electrons. The van der Waals surface area contributed by atoms with E-state index < -0.39 is 0 Å². The average molecular weight is 636 g/mol. The highest BCUT2D eigenvalue weighted by atomic mass is 16.2. The topological polar surface area (TPSA) is 61.4 Å². The third-order valence-electron chi connectivity index (χ3n) is 9.37. The second-order valence-electron chi connectivity index (χ2n) is 14.0. The van der Waals surface area contributed by atoms with Gasteiger partial charge >= 0.3 is 0 Å². The lowest BCUT2D eigenvalue weighted by molar-refractivity contribution is -0.122. The fourth-order valence-corrected chi connectivity index (χ4v) is 6.17. The molecule has 0 aromatic carbocycles. The molecule has 0 aliphatic carbocycles. The Morgan fingerprint density at radius 2 is 0.689 bits per heavy atom. The number of carbonyl (C=O) groups excluding carboxylic acids is 2. The number of hydrogen-bond donors (Lipinski definition) is 2. The molecule has 268 valence electrons. The summed E-state index contributed by atoms with van der Waals surface area (Å²) in [5, 5.41) is 6.21. The summed E-state index contributed by atoms with van der Waals surface area (Å²) in [5.41, 5.74) is 0. The van der Waals surface area contributed by atoms with Crippen molar-refractivity contribution >= 4 is 11.8 Å². The van der Waals surface area contributed by atoms with Crippen LogP contribution in [0.5, 0.6) is 0 Å². The van der Waals surface area contributed by atoms with E-state index >= 15 is 0 Å². The summed E-state index contributed by atoms with van der Waals surface area (Å²) in [6.45, 7) is 8.02. The van der Waals surface area contributed by atoms with Gasteiger partial charge in [0.05, 0.1) is 0 Å². The Hall–Kier alpha value is -1.10. The SMILES string of the molecule is CCCCCCCCCCCCCCCNC(=O)CCCCCN(C)CCC(=O)NCCCCCCCCCCCCCCC. The molecule has 0 aliphatic heterocycles. The zero-order valence-electron chi connectivity index (χ0n) is 31.0. The van der Waals surface area contributed by atoms with Gasteiger partial charge in [0.15, 0.2) is 0 Å². The van der Waals surface area contributed by atoms with E-state index in [9.17, 15) is 9.59 Å². The largest absolute Gasteiger partial charge is 0.356 e. The monoisotopic (exact) mass is 636 g/mol. The van der Waals surface area contributed by atoms with Gasteiger partial charge in [0.2, 0.25) is 11.8 Å². The summed E-state index contributed by atoms with van der Waals surface area (Å²) in [6, 6.07) is 0. The van der Waals surface area contributed by atoms with Crippen molar-refractivity contribution in [2.45, 2.75) is 213 Å². The van der Waals surface area contributed by atoms with Gasteiger partial charge in [0.1, 0.15) is 0 Å². The lowest BCUT2D eigenvalue weighted by Gasteiger charge is -2.16. The van der Waals surface area contributed by atoms with Crippen molar-refractivity contribution in [1.82, 2.24) is 15.5 Å². The van der Waals surface area contributed by atoms with Crippen molar-refractivity contribution in [3.05, 3.63) is 0 Å². The molecule has 0 bridgehead atoms. The normalized spacial score (nSPS) is 11.4. The Morgan fingerprint density at radius 1 is 0.378 bits per heavy atom. The smallest absolute Gasteiger partial charge is 0.221 e. The van der Waals surface area contributed by atoms with Gasteiger partial charge in [0.25, 0.3) is 0 Å². The quantitative estimate of drug-likeness (QED) is 0.0668. The minimum absolute atomic E-state index is 0.181. The highest BCUT2D eigenvalue weighted by Crippen LogP contribution is 2.13. The molecule has 0 atom stereocenters. The zero-order chi connectivity index (χ0) is 32.9. The molecule has 45 heavy (non-hydrogen) atoms. The average Bonchev–Trinajstić information content (AvgIpc) is 3.04. The molecule has 0 heterocycles. The fraction of sp³-hybridized carbons (Fsp3) is 0.950. The van der Waals surface area contributed by atoms with Crippen molar-refractivity contribution in [2.24, 2.45) is 0 Å². The molecule has 0 fully saturated rings. The van der Waals surface area contributed by atoms with Crippen LogP contribution in [0.15, 0.2) is 0 Å². The highest BCUT2D eigenvalue weighted by molar-refractivity contribution is 5.76. The van der Waals surface area contributed by atoms with E-state index in [1.54, 1.807) is 0 Å². The molecule has 0 rings (SSSR count). The van der Waals surface area contributed by atoms with Crippen LogP contribution in [0.3, 0.4) is 0 Å². The molecule has 0 aliphatic rings. The van der Waals surface area contributed by atoms with E-state index in [0.29, 0.717) is 12.8 Å². The number of nitrogens with one attached hydrogen (secondary N) is 2. The molecule has 2 amide bonds. The number of amides is 2. The van der Waals surface area contributed by atoms with Crippen molar-refractivity contribution in [3.8, 4) is 0 Å². The van der Waals surface area contributed by atoms with Crippen LogP contribution in [-0.2, 0) is 9.59 Å². The first kappa shape index (κ1) is 43.9. The highest BCUT2D eigenvalue weighted by Gasteiger charge is 2.05. The summed E-state index contributed by atoms with van der Waals surface area (Å²) in [7, 11) is 2.10. The molecule has 5 heteroatoms. The second-order valence-corrected chi connectivity index (χ2v) is 14.0. The Labute approximate surface area is 282 Å². The van der Waals surface area contributed by atoms with E-state index in [-0.39, 0.29) is 11.8 Å². The minimum Gasteiger partial charge on any atom is -0.356 e. The maximum Gasteiger partial charge on any atom is 0.221 e. The Morgan fingerprint density at radius 3 is 1.07 bits per heavy atom. The molecule has 5 nitrogen and oxygen atoms in total. The predicted octanol–water partition coefficient (Wildman–Crippen LogP) is 11.3. The molecular weight excluding hydrogens is 554 g/mol. The fourth-order valence-electron chi connectivity index (χ4n) is 6.17. The van der Waals surface area contributed by atoms with Crippen LogP contribution in [0.4, 0.5) is 0 Å². The third-order valence-corrected chi connectivity index (χ3v) is 9.37. The summed E-state index contributed by atoms with van der Waals surface area (Å²) in [5.74, 6) is 0.392. The maximum absolute atomic E-state index is 12.2. The lowest BCUT2D eigenvalue weighted by atomic mass is 10.0. The summed E-state index contributed by atoms with van der Waals surface area (Å²) in [4.78, 5) is 26.5. The van der Waals surface area contributed by atoms with E-state index in [2.05, 4.69) is 36.4 Å². The first-order chi connectivity index (χ1) is 22.1. The van der Waals surface area contributed by atoms with Crippen LogP contribution in [0.1, 0.15) is 213 Å². The molecule has 0 aromatic heterocycles. The van der Waals surface area contributed by atoms with Crippen molar-refractivity contribution in [3.63, 3.8) is 0 Å². The number of rotatable bonds is 37. The van der Waals surface area contributed by atoms with Crippen LogP contribution in [0.25, 0.3) is 0 Å². The summed E-state index contributed by atoms with van der Waals surface area (Å²) < 4.78 is 0. The van der Waals surface area contributed by atoms with E-state index in [0.717, 1.165) is 58.3 Å². The number of hydrogen-bond acceptors (Lipinski definition) is 3. The van der Waals surface area contributed by atoms with E-state index in [4.69, 9.17) is 0 Å². The molecule has 0 saturated heterocycles. The van der Waals surface area contributed by atoms with Crippen LogP contribution >= 0.6 is 0 Å². The first-order valence-corrected chi connectivity index (χ1v) is 20.3. The Balaban J connectivity index is 3.36. The van der Waals surface area contributed by atoms with E-state index in [1.165, 1.54) is 154 Å². The van der Waals surface area contributed by atoms with Gasteiger partial charge in [-0.25, -0.2) is 0 Å². The molecule has 0 spiro atoms. The zero-order valence-corrected chi connectivity index (χ0v) is 31.0. The molecule has 0 saturated carbocycles. The van der Waals surface area contributed by atoms with Crippen molar-refractivity contribution < 1.29 is 9.59 Å². The van der Waals surface area contributed by atoms with Gasteiger partial charge in [0, 0.05) is 32.5 Å². The van der Waals surface area contributed by atoms with Gasteiger partial charge in [-0.05, 0) is 39.3 Å². The standard InChI is InChI=1S/C40H81N3O2/c1-4-6-8-10-12-14-16-18-20-22-24-26-30-35-41-39(44)33-29-28-32-37-43(3)38-34-40(45)42-36-31-27-25-23-21-19-17-15-13-11-9-7-5-2/h4-38H2,1-3H3,(H,41,44)(H,42,45). The van der Waals surface area contributed by atoms with E-state index in [1.807, 2.05) is 0 Å². The van der Waals surface area contributed by atoms with Crippen molar-refractivity contribution in [1.29, 1.82) is 0 Å². The molecule has 2 N–H and O–H groups in total. The second kappa shape index (κ2) is 37.4. The number of carbonyl (C=O) groups is 2. The van der Waals surface area contributed by atoms with Crippen LogP contribution in [0, 0.1) is 0 Å². The molecule has 0 aromatic rings. The van der Waals surface area contributed by atoms with Gasteiger partial charge < -0.3 is 15.5 Å². The van der Waals surface area contributed by atoms with Crippen LogP contribution in [-0.4, -0.2) is 49.9 Å².